The van der Waals surface area contributed by atoms with Crippen LogP contribution in [0.4, 0.5) is 5.69 Å². The molecule has 4 rings (SSSR count). The summed E-state index contributed by atoms with van der Waals surface area (Å²) < 4.78 is 2.41. The topological polar surface area (TPSA) is 80.9 Å². The fourth-order valence-corrected chi connectivity index (χ4v) is 6.12. The monoisotopic (exact) mass is 529 g/mol. The highest BCUT2D eigenvalue weighted by atomic mass is 16.4. The van der Waals surface area contributed by atoms with Gasteiger partial charge >= 0.3 is 11.9 Å². The first-order valence-corrected chi connectivity index (χ1v) is 14.0. The van der Waals surface area contributed by atoms with Gasteiger partial charge in [0.15, 0.2) is 5.54 Å². The van der Waals surface area contributed by atoms with E-state index in [0.717, 1.165) is 31.6 Å². The molecule has 0 aromatic heterocycles. The van der Waals surface area contributed by atoms with Crippen molar-refractivity contribution in [2.24, 2.45) is 0 Å². The lowest BCUT2D eigenvalue weighted by atomic mass is 9.83. The van der Waals surface area contributed by atoms with Crippen molar-refractivity contribution in [3.05, 3.63) is 89.1 Å². The molecule has 2 aliphatic rings. The maximum atomic E-state index is 11.0. The molecule has 206 valence electrons. The van der Waals surface area contributed by atoms with E-state index in [2.05, 4.69) is 104 Å². The third-order valence-corrected chi connectivity index (χ3v) is 8.18. The SMILES string of the molecule is CC1(C)/C(=C\C=C\C2=[N+](CCCCC(=O)O)C(C)(C)c3ccccc32)N(CCCCC(=O)O)c2ccccc21. The molecule has 39 heavy (non-hydrogen) atoms. The number of unbranched alkanes of at least 4 members (excludes halogenated alkanes) is 2. The smallest absolute Gasteiger partial charge is 0.303 e. The molecule has 0 unspecified atom stereocenters. The van der Waals surface area contributed by atoms with Crippen molar-refractivity contribution in [2.75, 3.05) is 18.0 Å². The van der Waals surface area contributed by atoms with Crippen LogP contribution in [0.2, 0.25) is 0 Å². The second-order valence-electron chi connectivity index (χ2n) is 11.5. The zero-order valence-corrected chi connectivity index (χ0v) is 23.6. The molecule has 2 aromatic carbocycles. The number of fused-ring (bicyclic) bond motifs is 2. The number of allylic oxidation sites excluding steroid dienone is 4. The Balaban J connectivity index is 1.66. The first-order chi connectivity index (χ1) is 18.5. The zero-order valence-electron chi connectivity index (χ0n) is 23.6. The molecule has 0 saturated heterocycles. The van der Waals surface area contributed by atoms with Gasteiger partial charge in [0.05, 0.1) is 5.56 Å². The summed E-state index contributed by atoms with van der Waals surface area (Å²) in [5, 5.41) is 18.1. The van der Waals surface area contributed by atoms with Gasteiger partial charge in [-0.3, -0.25) is 9.59 Å². The van der Waals surface area contributed by atoms with Crippen LogP contribution in [-0.4, -0.2) is 45.5 Å². The van der Waals surface area contributed by atoms with E-state index < -0.39 is 11.9 Å². The summed E-state index contributed by atoms with van der Waals surface area (Å²) in [5.74, 6) is -1.50. The van der Waals surface area contributed by atoms with Crippen LogP contribution in [0.15, 0.2) is 72.5 Å². The van der Waals surface area contributed by atoms with E-state index in [4.69, 9.17) is 10.2 Å². The van der Waals surface area contributed by atoms with Crippen LogP contribution in [0.1, 0.15) is 82.9 Å². The second-order valence-corrected chi connectivity index (χ2v) is 11.5. The largest absolute Gasteiger partial charge is 0.481 e. The number of para-hydroxylation sites is 1. The molecule has 2 aliphatic heterocycles. The molecule has 0 amide bonds. The Morgan fingerprint density at radius 2 is 1.46 bits per heavy atom. The third kappa shape index (κ3) is 5.85. The van der Waals surface area contributed by atoms with Crippen molar-refractivity contribution in [3.63, 3.8) is 0 Å². The number of aliphatic carboxylic acids is 2. The highest BCUT2D eigenvalue weighted by Crippen LogP contribution is 2.47. The minimum absolute atomic E-state index is 0.179. The van der Waals surface area contributed by atoms with E-state index in [9.17, 15) is 9.59 Å². The van der Waals surface area contributed by atoms with Crippen LogP contribution in [0.5, 0.6) is 0 Å². The van der Waals surface area contributed by atoms with Gasteiger partial charge in [-0.2, -0.15) is 0 Å². The van der Waals surface area contributed by atoms with Crippen molar-refractivity contribution < 1.29 is 24.4 Å². The molecule has 2 aromatic rings. The van der Waals surface area contributed by atoms with Crippen LogP contribution in [0.25, 0.3) is 0 Å². The van der Waals surface area contributed by atoms with Gasteiger partial charge in [-0.25, -0.2) is 4.58 Å². The van der Waals surface area contributed by atoms with E-state index in [1.807, 2.05) is 0 Å². The lowest BCUT2D eigenvalue weighted by Crippen LogP contribution is -2.32. The minimum Gasteiger partial charge on any atom is -0.481 e. The van der Waals surface area contributed by atoms with E-state index in [0.29, 0.717) is 12.8 Å². The Morgan fingerprint density at radius 1 is 0.846 bits per heavy atom. The Kier molecular flexibility index (Phi) is 8.43. The number of nitrogens with zero attached hydrogens (tertiary/aromatic N) is 2. The predicted octanol–water partition coefficient (Wildman–Crippen LogP) is 6.48. The van der Waals surface area contributed by atoms with Gasteiger partial charge in [-0.1, -0.05) is 56.3 Å². The number of benzene rings is 2. The van der Waals surface area contributed by atoms with E-state index in [1.54, 1.807) is 0 Å². The summed E-state index contributed by atoms with van der Waals surface area (Å²) in [6, 6.07) is 17.0. The van der Waals surface area contributed by atoms with Crippen molar-refractivity contribution in [2.45, 2.75) is 77.2 Å². The average molecular weight is 530 g/mol. The van der Waals surface area contributed by atoms with Crippen molar-refractivity contribution in [3.8, 4) is 0 Å². The van der Waals surface area contributed by atoms with Gasteiger partial charge in [0.25, 0.3) is 0 Å². The van der Waals surface area contributed by atoms with Gasteiger partial charge in [0.2, 0.25) is 5.71 Å². The van der Waals surface area contributed by atoms with Crippen LogP contribution in [-0.2, 0) is 20.5 Å². The zero-order chi connectivity index (χ0) is 28.2. The van der Waals surface area contributed by atoms with Crippen LogP contribution in [0.3, 0.4) is 0 Å². The number of anilines is 1. The molecule has 0 aliphatic carbocycles. The lowest BCUT2D eigenvalue weighted by Gasteiger charge is -2.27. The molecule has 6 heteroatoms. The van der Waals surface area contributed by atoms with Gasteiger partial charge in [-0.05, 0) is 43.0 Å². The Morgan fingerprint density at radius 3 is 2.15 bits per heavy atom. The van der Waals surface area contributed by atoms with Crippen LogP contribution >= 0.6 is 0 Å². The van der Waals surface area contributed by atoms with Gasteiger partial charge < -0.3 is 15.1 Å². The van der Waals surface area contributed by atoms with E-state index >= 15 is 0 Å². The number of carboxylic acids is 2. The van der Waals surface area contributed by atoms with E-state index in [1.165, 1.54) is 28.1 Å². The lowest BCUT2D eigenvalue weighted by molar-refractivity contribution is -0.604. The summed E-state index contributed by atoms with van der Waals surface area (Å²) in [7, 11) is 0. The maximum Gasteiger partial charge on any atom is 0.303 e. The number of hydrogen-bond acceptors (Lipinski definition) is 3. The first-order valence-electron chi connectivity index (χ1n) is 14.0. The molecular formula is C33H41N2O4+. The van der Waals surface area contributed by atoms with Gasteiger partial charge in [0, 0.05) is 68.1 Å². The Labute approximate surface area is 232 Å². The fraction of sp³-hybridized carbons (Fsp3) is 0.424. The fourth-order valence-electron chi connectivity index (χ4n) is 6.12. The maximum absolute atomic E-state index is 11.0. The average Bonchev–Trinajstić information content (AvgIpc) is 3.23. The molecule has 0 saturated carbocycles. The highest BCUT2D eigenvalue weighted by molar-refractivity contribution is 6.08. The van der Waals surface area contributed by atoms with Crippen molar-refractivity contribution in [1.82, 2.24) is 0 Å². The molecule has 6 nitrogen and oxygen atoms in total. The number of hydrogen-bond donors (Lipinski definition) is 2. The van der Waals surface area contributed by atoms with Crippen LogP contribution < -0.4 is 4.90 Å². The highest BCUT2D eigenvalue weighted by Gasteiger charge is 2.44. The molecule has 0 fully saturated rings. The summed E-state index contributed by atoms with van der Waals surface area (Å²) in [6.07, 6.45) is 9.85. The molecule has 2 N–H and O–H groups in total. The molecule has 0 spiro atoms. The Hall–Kier alpha value is -3.67. The summed E-state index contributed by atoms with van der Waals surface area (Å²) in [5.41, 5.74) is 6.96. The number of carboxylic acid groups (broad SMARTS) is 2. The summed E-state index contributed by atoms with van der Waals surface area (Å²) in [6.45, 7) is 10.5. The van der Waals surface area contributed by atoms with E-state index in [-0.39, 0.29) is 23.8 Å². The predicted molar refractivity (Wildman–Crippen MR) is 156 cm³/mol. The van der Waals surface area contributed by atoms with Crippen LogP contribution in [0, 0.1) is 0 Å². The normalized spacial score (nSPS) is 18.2. The minimum atomic E-state index is -0.750. The summed E-state index contributed by atoms with van der Waals surface area (Å²) in [4.78, 5) is 24.4. The number of carbonyl (C=O) groups is 2. The first kappa shape index (κ1) is 28.3. The molecule has 2 heterocycles. The standard InChI is InChI=1S/C33H40N2O4/c1-32(2)26-16-7-8-17-28(26)34(22-11-9-20-30(36)37)29(32)19-13-18-27-24-14-5-6-15-25(24)33(3,4)35(27)23-12-10-21-31(38)39/h5-8,13-19H,9-12,20-23H2,1-4H3,(H-,36,37,38,39)/p+1. The number of rotatable bonds is 12. The molecular weight excluding hydrogens is 488 g/mol. The second kappa shape index (κ2) is 11.6. The summed E-state index contributed by atoms with van der Waals surface area (Å²) >= 11 is 0. The molecule has 0 radical (unpaired) electrons. The third-order valence-electron chi connectivity index (χ3n) is 8.18. The quantitative estimate of drug-likeness (QED) is 0.243. The molecule has 0 bridgehead atoms. The van der Waals surface area contributed by atoms with Crippen molar-refractivity contribution >= 4 is 23.3 Å². The van der Waals surface area contributed by atoms with Gasteiger partial charge in [-0.15, -0.1) is 0 Å². The van der Waals surface area contributed by atoms with Crippen molar-refractivity contribution in [1.29, 1.82) is 0 Å². The van der Waals surface area contributed by atoms with Gasteiger partial charge in [0.1, 0.15) is 6.54 Å². The Bertz CT molecular complexity index is 1330. The molecule has 0 atom stereocenters.